The summed E-state index contributed by atoms with van der Waals surface area (Å²) in [7, 11) is 1.32. The van der Waals surface area contributed by atoms with Crippen LogP contribution in [0.4, 0.5) is 0 Å². The van der Waals surface area contributed by atoms with Gasteiger partial charge in [-0.15, -0.1) is 11.3 Å². The lowest BCUT2D eigenvalue weighted by molar-refractivity contribution is -0.123. The van der Waals surface area contributed by atoms with E-state index in [0.29, 0.717) is 22.3 Å². The summed E-state index contributed by atoms with van der Waals surface area (Å²) in [4.78, 5) is 24.4. The van der Waals surface area contributed by atoms with Crippen molar-refractivity contribution in [1.82, 2.24) is 5.32 Å². The number of amides is 1. The molecule has 0 radical (unpaired) electrons. The van der Waals surface area contributed by atoms with Crippen LogP contribution in [0.15, 0.2) is 40.2 Å². The first-order valence-electron chi connectivity index (χ1n) is 6.90. The van der Waals surface area contributed by atoms with Crippen LogP contribution in [0, 0.1) is 0 Å². The maximum atomic E-state index is 11.8. The molecule has 5 nitrogen and oxygen atoms in total. The van der Waals surface area contributed by atoms with Crippen molar-refractivity contribution in [2.45, 2.75) is 6.42 Å². The number of ether oxygens (including phenoxy) is 2. The number of benzene rings is 1. The zero-order valence-corrected chi connectivity index (χ0v) is 14.9. The fraction of sp³-hybridized carbons (Fsp3) is 0.250. The van der Waals surface area contributed by atoms with Gasteiger partial charge in [-0.05, 0) is 52.0 Å². The number of hydrogen-bond donors (Lipinski definition) is 1. The third-order valence-corrected chi connectivity index (χ3v) is 4.54. The molecule has 0 aliphatic heterocycles. The fourth-order valence-electron chi connectivity index (χ4n) is 1.84. The summed E-state index contributed by atoms with van der Waals surface area (Å²) in [5, 5.41) is 4.81. The number of carbonyl (C=O) groups is 2. The van der Waals surface area contributed by atoms with E-state index in [-0.39, 0.29) is 12.5 Å². The molecule has 122 valence electrons. The predicted octanol–water partition coefficient (Wildman–Crippen LogP) is 3.03. The SMILES string of the molecule is COC(=O)c1ccc(OCC(=O)NCCc2cccs2)c(Br)c1. The van der Waals surface area contributed by atoms with Crippen LogP contribution >= 0.6 is 27.3 Å². The van der Waals surface area contributed by atoms with E-state index >= 15 is 0 Å². The lowest BCUT2D eigenvalue weighted by atomic mass is 10.2. The van der Waals surface area contributed by atoms with Crippen molar-refractivity contribution < 1.29 is 19.1 Å². The van der Waals surface area contributed by atoms with Crippen LogP contribution in [-0.4, -0.2) is 32.1 Å². The highest BCUT2D eigenvalue weighted by Gasteiger charge is 2.10. The lowest BCUT2D eigenvalue weighted by Crippen LogP contribution is -2.30. The number of esters is 1. The Labute approximate surface area is 146 Å². The largest absolute Gasteiger partial charge is 0.483 e. The Kier molecular flexibility index (Phi) is 6.61. The fourth-order valence-corrected chi connectivity index (χ4v) is 3.04. The first-order chi connectivity index (χ1) is 11.1. The molecule has 0 saturated heterocycles. The number of hydrogen-bond acceptors (Lipinski definition) is 5. The average Bonchev–Trinajstić information content (AvgIpc) is 3.06. The van der Waals surface area contributed by atoms with E-state index in [1.54, 1.807) is 29.5 Å². The molecule has 0 saturated carbocycles. The van der Waals surface area contributed by atoms with Crippen LogP contribution in [-0.2, 0) is 16.0 Å². The number of methoxy groups -OCH3 is 1. The van der Waals surface area contributed by atoms with Gasteiger partial charge >= 0.3 is 5.97 Å². The summed E-state index contributed by atoms with van der Waals surface area (Å²) in [5.74, 6) is -0.125. The minimum atomic E-state index is -0.427. The molecule has 1 aromatic heterocycles. The van der Waals surface area contributed by atoms with E-state index in [0.717, 1.165) is 6.42 Å². The van der Waals surface area contributed by atoms with Crippen molar-refractivity contribution >= 4 is 39.1 Å². The maximum Gasteiger partial charge on any atom is 0.337 e. The van der Waals surface area contributed by atoms with Crippen molar-refractivity contribution in [2.75, 3.05) is 20.3 Å². The Balaban J connectivity index is 1.78. The summed E-state index contributed by atoms with van der Waals surface area (Å²) in [6, 6.07) is 8.82. The third kappa shape index (κ3) is 5.37. The normalized spacial score (nSPS) is 10.2. The first kappa shape index (κ1) is 17.5. The van der Waals surface area contributed by atoms with E-state index in [4.69, 9.17) is 4.74 Å². The Hall–Kier alpha value is -1.86. The van der Waals surface area contributed by atoms with Gasteiger partial charge in [-0.25, -0.2) is 4.79 Å². The van der Waals surface area contributed by atoms with Crippen molar-refractivity contribution in [1.29, 1.82) is 0 Å². The van der Waals surface area contributed by atoms with Crippen LogP contribution in [0.5, 0.6) is 5.75 Å². The monoisotopic (exact) mass is 397 g/mol. The van der Waals surface area contributed by atoms with Gasteiger partial charge in [0.25, 0.3) is 5.91 Å². The van der Waals surface area contributed by atoms with Gasteiger partial charge in [0.2, 0.25) is 0 Å². The Morgan fingerprint density at radius 1 is 1.30 bits per heavy atom. The van der Waals surface area contributed by atoms with Gasteiger partial charge in [0.05, 0.1) is 17.1 Å². The highest BCUT2D eigenvalue weighted by Crippen LogP contribution is 2.26. The molecule has 1 aromatic carbocycles. The second-order valence-corrected chi connectivity index (χ2v) is 6.49. The van der Waals surface area contributed by atoms with Crippen LogP contribution in [0.1, 0.15) is 15.2 Å². The van der Waals surface area contributed by atoms with Crippen molar-refractivity contribution in [3.05, 3.63) is 50.6 Å². The summed E-state index contributed by atoms with van der Waals surface area (Å²) in [6.45, 7) is 0.492. The van der Waals surface area contributed by atoms with Gasteiger partial charge in [0.15, 0.2) is 6.61 Å². The molecule has 1 heterocycles. The van der Waals surface area contributed by atoms with Gasteiger partial charge in [0.1, 0.15) is 5.75 Å². The number of thiophene rings is 1. The summed E-state index contributed by atoms with van der Waals surface area (Å²) < 4.78 is 10.7. The van der Waals surface area contributed by atoms with E-state index in [9.17, 15) is 9.59 Å². The zero-order valence-electron chi connectivity index (χ0n) is 12.5. The van der Waals surface area contributed by atoms with E-state index in [2.05, 4.69) is 26.0 Å². The Morgan fingerprint density at radius 2 is 2.13 bits per heavy atom. The van der Waals surface area contributed by atoms with Gasteiger partial charge < -0.3 is 14.8 Å². The van der Waals surface area contributed by atoms with Crippen LogP contribution in [0.25, 0.3) is 0 Å². The molecular formula is C16H16BrNO4S. The molecule has 2 aromatic rings. The predicted molar refractivity (Wildman–Crippen MR) is 92.0 cm³/mol. The third-order valence-electron chi connectivity index (χ3n) is 2.99. The molecule has 0 spiro atoms. The van der Waals surface area contributed by atoms with E-state index in [1.807, 2.05) is 17.5 Å². The van der Waals surface area contributed by atoms with Crippen LogP contribution in [0.3, 0.4) is 0 Å². The van der Waals surface area contributed by atoms with Crippen molar-refractivity contribution in [3.63, 3.8) is 0 Å². The minimum absolute atomic E-state index is 0.0827. The number of halogens is 1. The van der Waals surface area contributed by atoms with Gasteiger partial charge in [-0.1, -0.05) is 6.07 Å². The standard InChI is InChI=1S/C16H16BrNO4S/c1-21-16(20)11-4-5-14(13(17)9-11)22-10-15(19)18-7-6-12-3-2-8-23-12/h2-5,8-9H,6-7,10H2,1H3,(H,18,19). The molecule has 0 aliphatic rings. The highest BCUT2D eigenvalue weighted by molar-refractivity contribution is 9.10. The molecule has 0 unspecified atom stereocenters. The van der Waals surface area contributed by atoms with Gasteiger partial charge in [-0.2, -0.15) is 0 Å². The molecule has 23 heavy (non-hydrogen) atoms. The van der Waals surface area contributed by atoms with Crippen LogP contribution < -0.4 is 10.1 Å². The Morgan fingerprint density at radius 3 is 2.78 bits per heavy atom. The topological polar surface area (TPSA) is 64.6 Å². The summed E-state index contributed by atoms with van der Waals surface area (Å²) in [5.41, 5.74) is 0.409. The quantitative estimate of drug-likeness (QED) is 0.729. The van der Waals surface area contributed by atoms with Gasteiger partial charge in [0, 0.05) is 11.4 Å². The molecule has 0 bridgehead atoms. The molecule has 1 amide bonds. The molecule has 0 fully saturated rings. The molecule has 0 aliphatic carbocycles. The second kappa shape index (κ2) is 8.69. The summed E-state index contributed by atoms with van der Waals surface area (Å²) in [6.07, 6.45) is 0.806. The molecular weight excluding hydrogens is 382 g/mol. The van der Waals surface area contributed by atoms with Gasteiger partial charge in [-0.3, -0.25) is 4.79 Å². The Bertz CT molecular complexity index is 673. The van der Waals surface area contributed by atoms with Crippen LogP contribution in [0.2, 0.25) is 0 Å². The maximum absolute atomic E-state index is 11.8. The number of nitrogens with one attached hydrogen (secondary N) is 1. The average molecular weight is 398 g/mol. The molecule has 2 rings (SSSR count). The van der Waals surface area contributed by atoms with E-state index < -0.39 is 5.97 Å². The van der Waals surface area contributed by atoms with E-state index in [1.165, 1.54) is 12.0 Å². The summed E-state index contributed by atoms with van der Waals surface area (Å²) >= 11 is 4.98. The number of rotatable bonds is 7. The first-order valence-corrected chi connectivity index (χ1v) is 8.57. The lowest BCUT2D eigenvalue weighted by Gasteiger charge is -2.09. The molecule has 1 N–H and O–H groups in total. The molecule has 7 heteroatoms. The van der Waals surface area contributed by atoms with Crippen molar-refractivity contribution in [2.24, 2.45) is 0 Å². The molecule has 0 atom stereocenters. The highest BCUT2D eigenvalue weighted by atomic mass is 79.9. The zero-order chi connectivity index (χ0) is 16.7. The number of carbonyl (C=O) groups excluding carboxylic acids is 2. The smallest absolute Gasteiger partial charge is 0.337 e. The second-order valence-electron chi connectivity index (χ2n) is 4.60. The minimum Gasteiger partial charge on any atom is -0.483 e. The van der Waals surface area contributed by atoms with Crippen molar-refractivity contribution in [3.8, 4) is 5.75 Å².